The minimum atomic E-state index is -0.704. The summed E-state index contributed by atoms with van der Waals surface area (Å²) in [5.74, 6) is -0.351. The average Bonchev–Trinajstić information content (AvgIpc) is 3.00. The molecule has 6 heteroatoms. The molecule has 0 radical (unpaired) electrons. The standard InChI is InChI=1S/C25H29NO5/c1-6-12-26-22(17-10-11-19(31-7-2)20(14-17)30-5)21(24(28)25(26)29)23(27)18-13-15(3)8-9-16(18)4/h8-11,13-14,22,27H,6-7,12H2,1-5H3/b23-21+. The SMILES string of the molecule is CCCN1C(=O)C(=O)/C(=C(/O)c2cc(C)ccc2C)C1c1ccc(OCC)c(OC)c1. The molecule has 2 aromatic rings. The molecule has 0 aromatic heterocycles. The molecular formula is C25H29NO5. The van der Waals surface area contributed by atoms with Gasteiger partial charge in [-0.3, -0.25) is 9.59 Å². The lowest BCUT2D eigenvalue weighted by Crippen LogP contribution is -2.30. The number of aliphatic hydroxyl groups excluding tert-OH is 1. The van der Waals surface area contributed by atoms with Crippen molar-refractivity contribution in [3.05, 3.63) is 64.2 Å². The highest BCUT2D eigenvalue weighted by molar-refractivity contribution is 6.46. The van der Waals surface area contributed by atoms with Crippen LogP contribution in [0.3, 0.4) is 0 Å². The molecule has 1 fully saturated rings. The number of ether oxygens (including phenoxy) is 2. The fourth-order valence-electron chi connectivity index (χ4n) is 3.96. The van der Waals surface area contributed by atoms with Crippen LogP contribution in [0, 0.1) is 13.8 Å². The Balaban J connectivity index is 2.23. The number of benzene rings is 2. The first kappa shape index (κ1) is 22.4. The Morgan fingerprint density at radius 1 is 1.06 bits per heavy atom. The summed E-state index contributed by atoms with van der Waals surface area (Å²) in [6.45, 7) is 8.49. The molecule has 164 valence electrons. The van der Waals surface area contributed by atoms with E-state index in [4.69, 9.17) is 9.47 Å². The summed E-state index contributed by atoms with van der Waals surface area (Å²) in [5, 5.41) is 11.2. The fourth-order valence-corrected chi connectivity index (χ4v) is 3.96. The molecule has 1 aliphatic heterocycles. The monoisotopic (exact) mass is 423 g/mol. The number of aliphatic hydroxyl groups is 1. The van der Waals surface area contributed by atoms with E-state index in [1.54, 1.807) is 19.2 Å². The van der Waals surface area contributed by atoms with Crippen LogP contribution in [-0.4, -0.2) is 42.0 Å². The van der Waals surface area contributed by atoms with Crippen LogP contribution in [0.4, 0.5) is 0 Å². The Morgan fingerprint density at radius 2 is 1.81 bits per heavy atom. The van der Waals surface area contributed by atoms with Gasteiger partial charge in [-0.25, -0.2) is 0 Å². The number of likely N-dealkylation sites (tertiary alicyclic amines) is 1. The Hall–Kier alpha value is -3.28. The van der Waals surface area contributed by atoms with Gasteiger partial charge in [0.15, 0.2) is 11.5 Å². The molecule has 0 aliphatic carbocycles. The van der Waals surface area contributed by atoms with Gasteiger partial charge in [-0.15, -0.1) is 0 Å². The third-order valence-electron chi connectivity index (χ3n) is 5.46. The molecule has 6 nitrogen and oxygen atoms in total. The quantitative estimate of drug-likeness (QED) is 0.402. The van der Waals surface area contributed by atoms with E-state index in [0.717, 1.165) is 11.1 Å². The third kappa shape index (κ3) is 4.15. The predicted octanol–water partition coefficient (Wildman–Crippen LogP) is 4.54. The maximum Gasteiger partial charge on any atom is 0.295 e. The number of hydrogen-bond acceptors (Lipinski definition) is 5. The van der Waals surface area contributed by atoms with Crippen molar-refractivity contribution >= 4 is 17.4 Å². The van der Waals surface area contributed by atoms with E-state index in [-0.39, 0.29) is 11.3 Å². The molecule has 1 N–H and O–H groups in total. The van der Waals surface area contributed by atoms with Crippen molar-refractivity contribution in [3.63, 3.8) is 0 Å². The number of hydrogen-bond donors (Lipinski definition) is 1. The van der Waals surface area contributed by atoms with Gasteiger partial charge in [-0.2, -0.15) is 0 Å². The molecule has 31 heavy (non-hydrogen) atoms. The Bertz CT molecular complexity index is 1040. The second-order valence-corrected chi connectivity index (χ2v) is 7.65. The highest BCUT2D eigenvalue weighted by Crippen LogP contribution is 2.42. The number of aryl methyl sites for hydroxylation is 2. The minimum absolute atomic E-state index is 0.0957. The van der Waals surface area contributed by atoms with Crippen molar-refractivity contribution in [2.45, 2.75) is 40.2 Å². The van der Waals surface area contributed by atoms with Gasteiger partial charge >= 0.3 is 0 Å². The number of carbonyl (C=O) groups excluding carboxylic acids is 2. The van der Waals surface area contributed by atoms with Crippen molar-refractivity contribution in [3.8, 4) is 11.5 Å². The highest BCUT2D eigenvalue weighted by atomic mass is 16.5. The molecule has 2 aromatic carbocycles. The molecule has 1 unspecified atom stereocenters. The highest BCUT2D eigenvalue weighted by Gasteiger charge is 2.46. The summed E-state index contributed by atoms with van der Waals surface area (Å²) in [5.41, 5.74) is 3.11. The van der Waals surface area contributed by atoms with Crippen LogP contribution in [0.1, 0.15) is 48.6 Å². The predicted molar refractivity (Wildman–Crippen MR) is 119 cm³/mol. The zero-order chi connectivity index (χ0) is 22.7. The van der Waals surface area contributed by atoms with E-state index in [2.05, 4.69) is 0 Å². The first-order valence-electron chi connectivity index (χ1n) is 10.5. The number of carbonyl (C=O) groups is 2. The summed E-state index contributed by atoms with van der Waals surface area (Å²) in [4.78, 5) is 27.4. The second kappa shape index (κ2) is 9.25. The van der Waals surface area contributed by atoms with Gasteiger partial charge in [-0.05, 0) is 56.5 Å². The first-order chi connectivity index (χ1) is 14.8. The van der Waals surface area contributed by atoms with Crippen LogP contribution in [0.15, 0.2) is 42.0 Å². The maximum absolute atomic E-state index is 13.0. The number of methoxy groups -OCH3 is 1. The Kier molecular flexibility index (Phi) is 6.68. The van der Waals surface area contributed by atoms with E-state index < -0.39 is 17.7 Å². The molecule has 0 spiro atoms. The van der Waals surface area contributed by atoms with Crippen molar-refractivity contribution in [2.75, 3.05) is 20.3 Å². The summed E-state index contributed by atoms with van der Waals surface area (Å²) in [6, 6.07) is 10.3. The molecular weight excluding hydrogens is 394 g/mol. The lowest BCUT2D eigenvalue weighted by Gasteiger charge is -2.25. The number of amides is 1. The number of ketones is 1. The summed E-state index contributed by atoms with van der Waals surface area (Å²) in [7, 11) is 1.54. The summed E-state index contributed by atoms with van der Waals surface area (Å²) in [6.07, 6.45) is 0.682. The van der Waals surface area contributed by atoms with Crippen molar-refractivity contribution in [1.29, 1.82) is 0 Å². The van der Waals surface area contributed by atoms with Crippen LogP contribution < -0.4 is 9.47 Å². The Labute approximate surface area is 183 Å². The van der Waals surface area contributed by atoms with Crippen LogP contribution in [0.25, 0.3) is 5.76 Å². The average molecular weight is 424 g/mol. The van der Waals surface area contributed by atoms with Gasteiger partial charge in [-0.1, -0.05) is 30.7 Å². The number of nitrogens with zero attached hydrogens (tertiary/aromatic N) is 1. The van der Waals surface area contributed by atoms with E-state index >= 15 is 0 Å². The second-order valence-electron chi connectivity index (χ2n) is 7.65. The summed E-state index contributed by atoms with van der Waals surface area (Å²) >= 11 is 0. The zero-order valence-electron chi connectivity index (χ0n) is 18.7. The van der Waals surface area contributed by atoms with E-state index in [1.165, 1.54) is 4.90 Å². The van der Waals surface area contributed by atoms with Crippen LogP contribution in [-0.2, 0) is 9.59 Å². The third-order valence-corrected chi connectivity index (χ3v) is 5.46. The zero-order valence-corrected chi connectivity index (χ0v) is 18.7. The van der Waals surface area contributed by atoms with Gasteiger partial charge in [0.25, 0.3) is 11.7 Å². The van der Waals surface area contributed by atoms with Crippen molar-refractivity contribution < 1.29 is 24.2 Å². The lowest BCUT2D eigenvalue weighted by atomic mass is 9.93. The van der Waals surface area contributed by atoms with E-state index in [9.17, 15) is 14.7 Å². The Morgan fingerprint density at radius 3 is 2.45 bits per heavy atom. The number of Topliss-reactive ketones (excluding diaryl/α,β-unsaturated/α-hetero) is 1. The van der Waals surface area contributed by atoms with Gasteiger partial charge in [0.05, 0.1) is 25.3 Å². The molecule has 0 bridgehead atoms. The van der Waals surface area contributed by atoms with E-state index in [0.29, 0.717) is 42.2 Å². The smallest absolute Gasteiger partial charge is 0.295 e. The molecule has 1 aliphatic rings. The van der Waals surface area contributed by atoms with Crippen molar-refractivity contribution in [1.82, 2.24) is 4.90 Å². The first-order valence-corrected chi connectivity index (χ1v) is 10.5. The van der Waals surface area contributed by atoms with Crippen LogP contribution >= 0.6 is 0 Å². The van der Waals surface area contributed by atoms with Crippen LogP contribution in [0.5, 0.6) is 11.5 Å². The van der Waals surface area contributed by atoms with Crippen molar-refractivity contribution in [2.24, 2.45) is 0 Å². The molecule has 0 saturated carbocycles. The summed E-state index contributed by atoms with van der Waals surface area (Å²) < 4.78 is 11.1. The minimum Gasteiger partial charge on any atom is -0.507 e. The molecule has 3 rings (SSSR count). The molecule has 1 atom stereocenters. The van der Waals surface area contributed by atoms with E-state index in [1.807, 2.05) is 52.0 Å². The topological polar surface area (TPSA) is 76.1 Å². The fraction of sp³-hybridized carbons (Fsp3) is 0.360. The van der Waals surface area contributed by atoms with Crippen LogP contribution in [0.2, 0.25) is 0 Å². The largest absolute Gasteiger partial charge is 0.507 e. The molecule has 1 saturated heterocycles. The molecule has 1 amide bonds. The van der Waals surface area contributed by atoms with Gasteiger partial charge in [0, 0.05) is 12.1 Å². The number of rotatable bonds is 7. The maximum atomic E-state index is 13.0. The van der Waals surface area contributed by atoms with Gasteiger partial charge in [0.1, 0.15) is 5.76 Å². The van der Waals surface area contributed by atoms with Gasteiger partial charge in [0.2, 0.25) is 0 Å². The normalized spacial score (nSPS) is 17.8. The van der Waals surface area contributed by atoms with Gasteiger partial charge < -0.3 is 19.5 Å². The molecule has 1 heterocycles. The lowest BCUT2D eigenvalue weighted by molar-refractivity contribution is -0.139.